The molecule has 0 atom stereocenters. The van der Waals surface area contributed by atoms with Gasteiger partial charge in [-0.1, -0.05) is 38.1 Å². The van der Waals surface area contributed by atoms with Crippen molar-refractivity contribution in [3.05, 3.63) is 40.7 Å². The second-order valence-corrected chi connectivity index (χ2v) is 5.00. The first-order chi connectivity index (χ1) is 9.58. The van der Waals surface area contributed by atoms with Crippen molar-refractivity contribution in [2.45, 2.75) is 26.3 Å². The number of ether oxygens (including phenoxy) is 1. The zero-order valence-corrected chi connectivity index (χ0v) is 12.5. The maximum absolute atomic E-state index is 5.78. The standard InChI is InChI=1S/C14H17ClN4O/c1-9(2)11-6-4-10(5-7-11)8-16-13-17-12(15)18-14(19-13)20-3/h4-7,9H,8H2,1-3H3,(H,16,17,18,19). The highest BCUT2D eigenvalue weighted by Gasteiger charge is 2.05. The third-order valence-electron chi connectivity index (χ3n) is 2.87. The molecule has 0 bridgehead atoms. The van der Waals surface area contributed by atoms with Crippen LogP contribution >= 0.6 is 11.6 Å². The fraction of sp³-hybridized carbons (Fsp3) is 0.357. The highest BCUT2D eigenvalue weighted by Crippen LogP contribution is 2.16. The van der Waals surface area contributed by atoms with E-state index in [0.29, 0.717) is 18.4 Å². The summed E-state index contributed by atoms with van der Waals surface area (Å²) in [5.41, 5.74) is 2.46. The first-order valence-corrected chi connectivity index (χ1v) is 6.74. The number of methoxy groups -OCH3 is 1. The van der Waals surface area contributed by atoms with E-state index in [0.717, 1.165) is 5.56 Å². The number of anilines is 1. The van der Waals surface area contributed by atoms with Crippen LogP contribution in [-0.2, 0) is 6.54 Å². The van der Waals surface area contributed by atoms with E-state index >= 15 is 0 Å². The Morgan fingerprint density at radius 2 is 1.85 bits per heavy atom. The van der Waals surface area contributed by atoms with Crippen LogP contribution in [0.15, 0.2) is 24.3 Å². The van der Waals surface area contributed by atoms with Crippen molar-refractivity contribution in [1.82, 2.24) is 15.0 Å². The minimum Gasteiger partial charge on any atom is -0.467 e. The number of halogens is 1. The summed E-state index contributed by atoms with van der Waals surface area (Å²) < 4.78 is 4.94. The number of hydrogen-bond donors (Lipinski definition) is 1. The summed E-state index contributed by atoms with van der Waals surface area (Å²) in [5.74, 6) is 0.929. The average Bonchev–Trinajstić information content (AvgIpc) is 2.45. The predicted molar refractivity (Wildman–Crippen MR) is 79.2 cm³/mol. The van der Waals surface area contributed by atoms with Crippen LogP contribution in [-0.4, -0.2) is 22.1 Å². The lowest BCUT2D eigenvalue weighted by Crippen LogP contribution is -2.06. The molecule has 0 saturated carbocycles. The Bertz CT molecular complexity index is 572. The van der Waals surface area contributed by atoms with Crippen molar-refractivity contribution in [3.8, 4) is 6.01 Å². The molecule has 0 spiro atoms. The van der Waals surface area contributed by atoms with E-state index < -0.39 is 0 Å². The van der Waals surface area contributed by atoms with Gasteiger partial charge in [-0.15, -0.1) is 0 Å². The molecule has 6 heteroatoms. The fourth-order valence-electron chi connectivity index (χ4n) is 1.70. The Hall–Kier alpha value is -1.88. The van der Waals surface area contributed by atoms with E-state index in [1.165, 1.54) is 12.7 Å². The highest BCUT2D eigenvalue weighted by molar-refractivity contribution is 6.28. The Morgan fingerprint density at radius 1 is 1.15 bits per heavy atom. The number of rotatable bonds is 5. The zero-order chi connectivity index (χ0) is 14.5. The monoisotopic (exact) mass is 292 g/mol. The van der Waals surface area contributed by atoms with Gasteiger partial charge in [0.15, 0.2) is 0 Å². The molecule has 0 radical (unpaired) electrons. The molecule has 0 aliphatic carbocycles. The lowest BCUT2D eigenvalue weighted by molar-refractivity contribution is 0.379. The minimum atomic E-state index is 0.106. The summed E-state index contributed by atoms with van der Waals surface area (Å²) in [6, 6.07) is 8.62. The van der Waals surface area contributed by atoms with Crippen molar-refractivity contribution in [2.75, 3.05) is 12.4 Å². The summed E-state index contributed by atoms with van der Waals surface area (Å²) in [6.45, 7) is 4.96. The molecule has 0 aliphatic heterocycles. The predicted octanol–water partition coefficient (Wildman–Crippen LogP) is 3.27. The van der Waals surface area contributed by atoms with Crippen molar-refractivity contribution < 1.29 is 4.74 Å². The summed E-state index contributed by atoms with van der Waals surface area (Å²) in [4.78, 5) is 11.9. The summed E-state index contributed by atoms with van der Waals surface area (Å²) in [5, 5.41) is 3.20. The molecule has 5 nitrogen and oxygen atoms in total. The van der Waals surface area contributed by atoms with Gasteiger partial charge in [-0.05, 0) is 28.6 Å². The molecule has 1 aromatic heterocycles. The average molecular weight is 293 g/mol. The van der Waals surface area contributed by atoms with Gasteiger partial charge >= 0.3 is 6.01 Å². The Morgan fingerprint density at radius 3 is 2.45 bits per heavy atom. The molecular formula is C14H17ClN4O. The van der Waals surface area contributed by atoms with E-state index in [1.54, 1.807) is 0 Å². The van der Waals surface area contributed by atoms with Crippen molar-refractivity contribution in [3.63, 3.8) is 0 Å². The smallest absolute Gasteiger partial charge is 0.322 e. The second-order valence-electron chi connectivity index (χ2n) is 4.66. The highest BCUT2D eigenvalue weighted by atomic mass is 35.5. The van der Waals surface area contributed by atoms with Crippen LogP contribution < -0.4 is 10.1 Å². The molecule has 20 heavy (non-hydrogen) atoms. The molecule has 1 N–H and O–H groups in total. The lowest BCUT2D eigenvalue weighted by atomic mass is 10.0. The lowest BCUT2D eigenvalue weighted by Gasteiger charge is -2.08. The molecule has 0 unspecified atom stereocenters. The summed E-state index contributed by atoms with van der Waals surface area (Å²) in [6.07, 6.45) is 0. The van der Waals surface area contributed by atoms with E-state index in [-0.39, 0.29) is 11.3 Å². The molecule has 0 saturated heterocycles. The van der Waals surface area contributed by atoms with Gasteiger partial charge in [0, 0.05) is 6.54 Å². The molecule has 0 fully saturated rings. The van der Waals surface area contributed by atoms with E-state index in [2.05, 4.69) is 58.4 Å². The van der Waals surface area contributed by atoms with Gasteiger partial charge in [-0.25, -0.2) is 0 Å². The molecule has 0 aliphatic rings. The van der Waals surface area contributed by atoms with Crippen LogP contribution in [0.4, 0.5) is 5.95 Å². The van der Waals surface area contributed by atoms with Crippen LogP contribution in [0.5, 0.6) is 6.01 Å². The molecule has 2 rings (SSSR count). The van der Waals surface area contributed by atoms with E-state index in [4.69, 9.17) is 16.3 Å². The SMILES string of the molecule is COc1nc(Cl)nc(NCc2ccc(C(C)C)cc2)n1. The van der Waals surface area contributed by atoms with Crippen molar-refractivity contribution in [2.24, 2.45) is 0 Å². The second kappa shape index (κ2) is 6.52. The van der Waals surface area contributed by atoms with E-state index in [9.17, 15) is 0 Å². The van der Waals surface area contributed by atoms with Crippen molar-refractivity contribution >= 4 is 17.5 Å². The van der Waals surface area contributed by atoms with Crippen LogP contribution in [0.25, 0.3) is 0 Å². The van der Waals surface area contributed by atoms with Gasteiger partial charge in [0.05, 0.1) is 7.11 Å². The van der Waals surface area contributed by atoms with Crippen LogP contribution in [0.1, 0.15) is 30.9 Å². The number of hydrogen-bond acceptors (Lipinski definition) is 5. The maximum atomic E-state index is 5.78. The number of benzene rings is 1. The summed E-state index contributed by atoms with van der Waals surface area (Å²) in [7, 11) is 1.49. The zero-order valence-electron chi connectivity index (χ0n) is 11.7. The maximum Gasteiger partial charge on any atom is 0.322 e. The minimum absolute atomic E-state index is 0.106. The topological polar surface area (TPSA) is 59.9 Å². The summed E-state index contributed by atoms with van der Waals surface area (Å²) >= 11 is 5.78. The first kappa shape index (κ1) is 14.5. The fourth-order valence-corrected chi connectivity index (χ4v) is 1.86. The number of aromatic nitrogens is 3. The van der Waals surface area contributed by atoms with Crippen LogP contribution in [0, 0.1) is 0 Å². The molecule has 0 amide bonds. The van der Waals surface area contributed by atoms with Crippen molar-refractivity contribution in [1.29, 1.82) is 0 Å². The Labute approximate surface area is 123 Å². The van der Waals surface area contributed by atoms with Gasteiger partial charge < -0.3 is 10.1 Å². The van der Waals surface area contributed by atoms with Crippen LogP contribution in [0.2, 0.25) is 5.28 Å². The van der Waals surface area contributed by atoms with Gasteiger partial charge in [0.25, 0.3) is 0 Å². The quantitative estimate of drug-likeness (QED) is 0.916. The van der Waals surface area contributed by atoms with Gasteiger partial charge in [-0.3, -0.25) is 0 Å². The Balaban J connectivity index is 2.03. The third-order valence-corrected chi connectivity index (χ3v) is 3.04. The molecule has 1 aromatic carbocycles. The van der Waals surface area contributed by atoms with Crippen LogP contribution in [0.3, 0.4) is 0 Å². The molecule has 2 aromatic rings. The van der Waals surface area contributed by atoms with E-state index in [1.807, 2.05) is 0 Å². The molecule has 1 heterocycles. The first-order valence-electron chi connectivity index (χ1n) is 6.36. The number of nitrogens with one attached hydrogen (secondary N) is 1. The number of nitrogens with zero attached hydrogens (tertiary/aromatic N) is 3. The van der Waals surface area contributed by atoms with Gasteiger partial charge in [0.2, 0.25) is 11.2 Å². The Kier molecular flexibility index (Phi) is 4.74. The third kappa shape index (κ3) is 3.81. The molecular weight excluding hydrogens is 276 g/mol. The largest absolute Gasteiger partial charge is 0.467 e. The normalized spacial score (nSPS) is 10.7. The van der Waals surface area contributed by atoms with Gasteiger partial charge in [0.1, 0.15) is 0 Å². The van der Waals surface area contributed by atoms with Gasteiger partial charge in [-0.2, -0.15) is 15.0 Å². The molecule has 106 valence electrons.